The lowest BCUT2D eigenvalue weighted by atomic mass is 9.93. The van der Waals surface area contributed by atoms with E-state index in [1.54, 1.807) is 6.20 Å². The smallest absolute Gasteiger partial charge is 0.0490 e. The Morgan fingerprint density at radius 3 is 2.60 bits per heavy atom. The molecule has 0 bridgehead atoms. The molecule has 6 rings (SSSR count). The van der Waals surface area contributed by atoms with Gasteiger partial charge in [0.1, 0.15) is 0 Å². The molecule has 0 heterocycles. The number of hydrogen-bond acceptors (Lipinski definition) is 2. The highest BCUT2D eigenvalue weighted by Crippen LogP contribution is 2.42. The lowest BCUT2D eigenvalue weighted by Crippen LogP contribution is -2.12. The Bertz CT molecular complexity index is 1840. The van der Waals surface area contributed by atoms with Gasteiger partial charge >= 0.3 is 0 Å². The zero-order valence-corrected chi connectivity index (χ0v) is 24.8. The van der Waals surface area contributed by atoms with Crippen molar-refractivity contribution in [2.24, 2.45) is 5.73 Å². The zero-order valence-electron chi connectivity index (χ0n) is 24.8. The first kappa shape index (κ1) is 27.4. The average molecular weight is 547 g/mol. The van der Waals surface area contributed by atoms with Crippen molar-refractivity contribution < 1.29 is 0 Å². The minimum Gasteiger partial charge on any atom is -0.405 e. The minimum absolute atomic E-state index is 1.09. The molecule has 0 fully saturated rings. The molecular formula is C40H38N2. The number of aryl methyl sites for hydroxylation is 1. The van der Waals surface area contributed by atoms with Crippen molar-refractivity contribution in [3.8, 4) is 11.1 Å². The normalized spacial score (nSPS) is 14.7. The lowest BCUT2D eigenvalue weighted by molar-refractivity contribution is 0.876. The number of nitrogens with zero attached hydrogens (tertiary/aromatic N) is 1. The van der Waals surface area contributed by atoms with Crippen LogP contribution in [0.1, 0.15) is 54.0 Å². The van der Waals surface area contributed by atoms with Crippen molar-refractivity contribution in [1.82, 2.24) is 0 Å². The van der Waals surface area contributed by atoms with Crippen LogP contribution in [0.3, 0.4) is 0 Å². The first-order chi connectivity index (χ1) is 20.6. The first-order valence-electron chi connectivity index (χ1n) is 14.9. The summed E-state index contributed by atoms with van der Waals surface area (Å²) in [5.74, 6) is 0. The molecule has 4 aromatic rings. The molecule has 0 saturated carbocycles. The molecule has 2 N–H and O–H groups in total. The number of anilines is 2. The van der Waals surface area contributed by atoms with E-state index in [1.807, 2.05) is 13.0 Å². The second-order valence-electron chi connectivity index (χ2n) is 11.1. The predicted molar refractivity (Wildman–Crippen MR) is 185 cm³/mol. The van der Waals surface area contributed by atoms with Gasteiger partial charge in [0, 0.05) is 24.0 Å². The summed E-state index contributed by atoms with van der Waals surface area (Å²) in [6.07, 6.45) is 24.7. The zero-order chi connectivity index (χ0) is 29.1. The Morgan fingerprint density at radius 1 is 0.857 bits per heavy atom. The highest BCUT2D eigenvalue weighted by atomic mass is 15.1. The largest absolute Gasteiger partial charge is 0.405 e. The van der Waals surface area contributed by atoms with E-state index in [-0.39, 0.29) is 0 Å². The summed E-state index contributed by atoms with van der Waals surface area (Å²) in [6.45, 7) is 4.20. The van der Waals surface area contributed by atoms with Gasteiger partial charge in [-0.05, 0) is 131 Å². The van der Waals surface area contributed by atoms with Crippen LogP contribution in [-0.4, -0.2) is 7.05 Å². The van der Waals surface area contributed by atoms with Crippen molar-refractivity contribution in [1.29, 1.82) is 0 Å². The molecule has 2 aliphatic rings. The summed E-state index contributed by atoms with van der Waals surface area (Å²) in [7, 11) is 2.18. The fourth-order valence-corrected chi connectivity index (χ4v) is 6.19. The van der Waals surface area contributed by atoms with Gasteiger partial charge in [-0.3, -0.25) is 0 Å². The molecule has 208 valence electrons. The van der Waals surface area contributed by atoms with Crippen LogP contribution in [0.4, 0.5) is 11.4 Å². The van der Waals surface area contributed by atoms with Gasteiger partial charge in [-0.2, -0.15) is 0 Å². The maximum Gasteiger partial charge on any atom is 0.0490 e. The van der Waals surface area contributed by atoms with Gasteiger partial charge in [-0.1, -0.05) is 85.0 Å². The van der Waals surface area contributed by atoms with Crippen LogP contribution in [0.15, 0.2) is 115 Å². The van der Waals surface area contributed by atoms with Crippen molar-refractivity contribution in [3.63, 3.8) is 0 Å². The summed E-state index contributed by atoms with van der Waals surface area (Å²) in [5, 5.41) is 2.63. The molecule has 0 unspecified atom stereocenters. The number of rotatable bonds is 7. The molecule has 0 radical (unpaired) electrons. The van der Waals surface area contributed by atoms with Crippen LogP contribution in [0.2, 0.25) is 0 Å². The Morgan fingerprint density at radius 2 is 1.74 bits per heavy atom. The van der Waals surface area contributed by atoms with Crippen molar-refractivity contribution in [2.45, 2.75) is 33.1 Å². The molecule has 4 aromatic carbocycles. The van der Waals surface area contributed by atoms with Gasteiger partial charge < -0.3 is 10.6 Å². The van der Waals surface area contributed by atoms with Gasteiger partial charge in [0.05, 0.1) is 0 Å². The van der Waals surface area contributed by atoms with E-state index in [0.717, 1.165) is 24.1 Å². The van der Waals surface area contributed by atoms with Crippen LogP contribution in [0.25, 0.3) is 45.2 Å². The van der Waals surface area contributed by atoms with Crippen molar-refractivity contribution in [2.75, 3.05) is 11.9 Å². The first-order valence-corrected chi connectivity index (χ1v) is 14.9. The van der Waals surface area contributed by atoms with Gasteiger partial charge in [0.2, 0.25) is 0 Å². The second kappa shape index (κ2) is 12.0. The summed E-state index contributed by atoms with van der Waals surface area (Å²) < 4.78 is 0. The van der Waals surface area contributed by atoms with E-state index in [2.05, 4.69) is 134 Å². The van der Waals surface area contributed by atoms with Crippen LogP contribution < -0.4 is 10.6 Å². The van der Waals surface area contributed by atoms with Crippen LogP contribution in [-0.2, 0) is 0 Å². The summed E-state index contributed by atoms with van der Waals surface area (Å²) in [4.78, 5) is 2.33. The second-order valence-corrected chi connectivity index (χ2v) is 11.1. The molecule has 0 amide bonds. The highest BCUT2D eigenvalue weighted by molar-refractivity contribution is 6.15. The fraction of sp³-hybridized carbons (Fsp3) is 0.150. The van der Waals surface area contributed by atoms with Crippen LogP contribution in [0.5, 0.6) is 0 Å². The molecule has 0 saturated heterocycles. The SMILES string of the molecule is C/C=C\C=C/C1=Cc2ccc(-c3cccc(N(C)c4cc(C)c(/C=C\N)cc4C4=CCCCC=C4)c3)c3cccc1c23. The van der Waals surface area contributed by atoms with E-state index in [0.29, 0.717) is 0 Å². The Hall–Kier alpha value is -4.82. The molecule has 42 heavy (non-hydrogen) atoms. The maximum absolute atomic E-state index is 5.81. The van der Waals surface area contributed by atoms with Crippen molar-refractivity contribution in [3.05, 3.63) is 143 Å². The number of hydrogen-bond donors (Lipinski definition) is 1. The Balaban J connectivity index is 1.43. The summed E-state index contributed by atoms with van der Waals surface area (Å²) in [6, 6.07) is 24.8. The van der Waals surface area contributed by atoms with Crippen LogP contribution in [0, 0.1) is 6.92 Å². The van der Waals surface area contributed by atoms with E-state index in [4.69, 9.17) is 5.73 Å². The number of benzene rings is 4. The lowest BCUT2D eigenvalue weighted by Gasteiger charge is -2.25. The number of nitrogens with two attached hydrogens (primary N) is 1. The topological polar surface area (TPSA) is 29.3 Å². The van der Waals surface area contributed by atoms with Gasteiger partial charge in [-0.25, -0.2) is 0 Å². The van der Waals surface area contributed by atoms with Gasteiger partial charge in [-0.15, -0.1) is 0 Å². The molecule has 0 spiro atoms. The molecule has 0 aliphatic heterocycles. The fourth-order valence-electron chi connectivity index (χ4n) is 6.19. The third-order valence-corrected chi connectivity index (χ3v) is 8.39. The quantitative estimate of drug-likeness (QED) is 0.234. The Kier molecular flexibility index (Phi) is 7.79. The van der Waals surface area contributed by atoms with E-state index >= 15 is 0 Å². The molecule has 2 heteroatoms. The van der Waals surface area contributed by atoms with Gasteiger partial charge in [0.25, 0.3) is 0 Å². The molecular weight excluding hydrogens is 508 g/mol. The Labute approximate surface area is 250 Å². The number of allylic oxidation sites excluding steroid dienone is 9. The monoisotopic (exact) mass is 546 g/mol. The predicted octanol–water partition coefficient (Wildman–Crippen LogP) is 10.6. The maximum atomic E-state index is 5.81. The van der Waals surface area contributed by atoms with Gasteiger partial charge in [0.15, 0.2) is 0 Å². The minimum atomic E-state index is 1.09. The van der Waals surface area contributed by atoms with Crippen molar-refractivity contribution >= 4 is 45.4 Å². The third kappa shape index (κ3) is 5.17. The van der Waals surface area contributed by atoms with E-state index in [1.165, 1.54) is 67.4 Å². The van der Waals surface area contributed by atoms with Crippen LogP contribution >= 0.6 is 0 Å². The molecule has 0 aromatic heterocycles. The molecule has 2 aliphatic carbocycles. The summed E-state index contributed by atoms with van der Waals surface area (Å²) >= 11 is 0. The highest BCUT2D eigenvalue weighted by Gasteiger charge is 2.19. The van der Waals surface area contributed by atoms with E-state index < -0.39 is 0 Å². The molecule has 2 nitrogen and oxygen atoms in total. The standard InChI is InChI=1S/C40H38N2/c1-4-5-8-15-31-25-33-20-21-35(37-19-12-18-36(31)40(33)37)32-16-11-17-34(26-32)42(3)39-24-28(2)30(22-23-41)27-38(39)29-13-9-6-7-10-14-29/h4-5,8-9,11-27H,6-7,10,41H2,1-3H3/b5-4-,15-8-,23-22-. The average Bonchev–Trinajstić information content (AvgIpc) is 3.17. The molecule has 0 atom stereocenters. The van der Waals surface area contributed by atoms with E-state index in [9.17, 15) is 0 Å². The third-order valence-electron chi connectivity index (χ3n) is 8.39. The summed E-state index contributed by atoms with van der Waals surface area (Å²) in [5.41, 5.74) is 19.3.